The summed E-state index contributed by atoms with van der Waals surface area (Å²) in [6.07, 6.45) is 4.31. The molecule has 2 nitrogen and oxygen atoms in total. The van der Waals surface area contributed by atoms with Crippen LogP contribution < -0.4 is 0 Å². The molecule has 1 fully saturated rings. The molecular formula is C17H25NO. The lowest BCUT2D eigenvalue weighted by Gasteiger charge is -2.36. The molecule has 0 bridgehead atoms. The molecule has 1 heterocycles. The zero-order valence-corrected chi connectivity index (χ0v) is 12.1. The quantitative estimate of drug-likeness (QED) is 0.817. The molecule has 0 spiro atoms. The second-order valence-corrected chi connectivity index (χ2v) is 5.79. The molecule has 2 rings (SSSR count). The molecular weight excluding hydrogens is 234 g/mol. The van der Waals surface area contributed by atoms with Gasteiger partial charge in [0.25, 0.3) is 0 Å². The molecule has 19 heavy (non-hydrogen) atoms. The van der Waals surface area contributed by atoms with E-state index in [0.29, 0.717) is 11.7 Å². The Morgan fingerprint density at radius 1 is 1.53 bits per heavy atom. The van der Waals surface area contributed by atoms with Crippen LogP contribution in [0.1, 0.15) is 32.3 Å². The SMILES string of the molecule is C=CCN1CC[C@](c2cccc(O)c2)([C@@H](C)CC)C1. The smallest absolute Gasteiger partial charge is 0.115 e. The number of phenols is 1. The fourth-order valence-corrected chi connectivity index (χ4v) is 3.38. The molecule has 1 aromatic carbocycles. The van der Waals surface area contributed by atoms with Crippen LogP contribution in [0.3, 0.4) is 0 Å². The van der Waals surface area contributed by atoms with Gasteiger partial charge in [-0.3, -0.25) is 4.90 Å². The van der Waals surface area contributed by atoms with Gasteiger partial charge in [-0.2, -0.15) is 0 Å². The Kier molecular flexibility index (Phi) is 4.31. The number of phenolic OH excluding ortho intramolecular Hbond substituents is 1. The first-order chi connectivity index (χ1) is 9.12. The van der Waals surface area contributed by atoms with E-state index in [1.165, 1.54) is 12.0 Å². The normalized spacial score (nSPS) is 25.4. The van der Waals surface area contributed by atoms with Crippen molar-refractivity contribution in [2.24, 2.45) is 5.92 Å². The largest absolute Gasteiger partial charge is 0.508 e. The summed E-state index contributed by atoms with van der Waals surface area (Å²) in [6, 6.07) is 7.84. The summed E-state index contributed by atoms with van der Waals surface area (Å²) in [7, 11) is 0. The number of hydrogen-bond donors (Lipinski definition) is 1. The first kappa shape index (κ1) is 14.1. The fraction of sp³-hybridized carbons (Fsp3) is 0.529. The zero-order chi connectivity index (χ0) is 13.9. The van der Waals surface area contributed by atoms with Crippen LogP contribution in [0.25, 0.3) is 0 Å². The molecule has 0 amide bonds. The number of rotatable bonds is 5. The van der Waals surface area contributed by atoms with Gasteiger partial charge in [0, 0.05) is 18.5 Å². The third-order valence-electron chi connectivity index (χ3n) is 4.74. The van der Waals surface area contributed by atoms with Gasteiger partial charge in [-0.1, -0.05) is 38.5 Å². The molecule has 0 aromatic heterocycles. The predicted octanol–water partition coefficient (Wildman–Crippen LogP) is 3.57. The van der Waals surface area contributed by atoms with Gasteiger partial charge < -0.3 is 5.11 Å². The van der Waals surface area contributed by atoms with Crippen LogP contribution in [-0.4, -0.2) is 29.6 Å². The first-order valence-corrected chi connectivity index (χ1v) is 7.25. The van der Waals surface area contributed by atoms with Crippen LogP contribution in [0.2, 0.25) is 0 Å². The van der Waals surface area contributed by atoms with E-state index >= 15 is 0 Å². The highest BCUT2D eigenvalue weighted by Gasteiger charge is 2.42. The maximum atomic E-state index is 9.78. The minimum Gasteiger partial charge on any atom is -0.508 e. The monoisotopic (exact) mass is 259 g/mol. The summed E-state index contributed by atoms with van der Waals surface area (Å²) < 4.78 is 0. The fourth-order valence-electron chi connectivity index (χ4n) is 3.38. The van der Waals surface area contributed by atoms with E-state index in [1.807, 2.05) is 18.2 Å². The van der Waals surface area contributed by atoms with E-state index in [0.717, 1.165) is 26.1 Å². The second-order valence-electron chi connectivity index (χ2n) is 5.79. The number of nitrogens with zero attached hydrogens (tertiary/aromatic N) is 1. The van der Waals surface area contributed by atoms with Gasteiger partial charge in [0.05, 0.1) is 0 Å². The molecule has 0 unspecified atom stereocenters. The first-order valence-electron chi connectivity index (χ1n) is 7.25. The molecule has 2 heteroatoms. The Balaban J connectivity index is 2.34. The van der Waals surface area contributed by atoms with E-state index in [1.54, 1.807) is 6.07 Å². The number of hydrogen-bond acceptors (Lipinski definition) is 2. The van der Waals surface area contributed by atoms with Crippen molar-refractivity contribution in [3.8, 4) is 5.75 Å². The lowest BCUT2D eigenvalue weighted by Crippen LogP contribution is -2.37. The Morgan fingerprint density at radius 2 is 2.32 bits per heavy atom. The molecule has 1 aliphatic heterocycles. The van der Waals surface area contributed by atoms with E-state index in [2.05, 4.69) is 31.4 Å². The Bertz CT molecular complexity index is 443. The molecule has 0 aliphatic carbocycles. The van der Waals surface area contributed by atoms with Crippen LogP contribution in [0.4, 0.5) is 0 Å². The lowest BCUT2D eigenvalue weighted by atomic mass is 9.69. The van der Waals surface area contributed by atoms with Gasteiger partial charge in [0.1, 0.15) is 5.75 Å². The summed E-state index contributed by atoms with van der Waals surface area (Å²) in [6.45, 7) is 11.6. The molecule has 1 N–H and O–H groups in total. The second kappa shape index (κ2) is 5.79. The highest BCUT2D eigenvalue weighted by Crippen LogP contribution is 2.43. The summed E-state index contributed by atoms with van der Waals surface area (Å²) in [4.78, 5) is 2.46. The molecule has 1 saturated heterocycles. The minimum atomic E-state index is 0.177. The number of aromatic hydroxyl groups is 1. The van der Waals surface area contributed by atoms with Crippen molar-refractivity contribution in [3.63, 3.8) is 0 Å². The van der Waals surface area contributed by atoms with Gasteiger partial charge >= 0.3 is 0 Å². The van der Waals surface area contributed by atoms with Gasteiger partial charge in [0.15, 0.2) is 0 Å². The third kappa shape index (κ3) is 2.69. The summed E-state index contributed by atoms with van der Waals surface area (Å²) in [5.41, 5.74) is 1.46. The highest BCUT2D eigenvalue weighted by atomic mass is 16.3. The van der Waals surface area contributed by atoms with Gasteiger partial charge in [-0.15, -0.1) is 6.58 Å². The van der Waals surface area contributed by atoms with E-state index in [-0.39, 0.29) is 5.41 Å². The topological polar surface area (TPSA) is 23.5 Å². The Hall–Kier alpha value is -1.28. The van der Waals surface area contributed by atoms with Crippen LogP contribution >= 0.6 is 0 Å². The molecule has 1 aromatic rings. The summed E-state index contributed by atoms with van der Waals surface area (Å²) in [5, 5.41) is 9.78. The van der Waals surface area contributed by atoms with E-state index in [9.17, 15) is 5.11 Å². The minimum absolute atomic E-state index is 0.177. The van der Waals surface area contributed by atoms with Gasteiger partial charge in [-0.05, 0) is 36.6 Å². The van der Waals surface area contributed by atoms with Crippen molar-refractivity contribution >= 4 is 0 Å². The van der Waals surface area contributed by atoms with Gasteiger partial charge in [-0.25, -0.2) is 0 Å². The third-order valence-corrected chi connectivity index (χ3v) is 4.74. The zero-order valence-electron chi connectivity index (χ0n) is 12.1. The lowest BCUT2D eigenvalue weighted by molar-refractivity contribution is 0.263. The summed E-state index contributed by atoms with van der Waals surface area (Å²) >= 11 is 0. The van der Waals surface area contributed by atoms with Crippen molar-refractivity contribution < 1.29 is 5.11 Å². The predicted molar refractivity (Wildman–Crippen MR) is 80.5 cm³/mol. The maximum Gasteiger partial charge on any atom is 0.115 e. The van der Waals surface area contributed by atoms with Gasteiger partial charge in [0.2, 0.25) is 0 Å². The average molecular weight is 259 g/mol. The van der Waals surface area contributed by atoms with Crippen LogP contribution in [0.5, 0.6) is 5.75 Å². The highest BCUT2D eigenvalue weighted by molar-refractivity contribution is 5.35. The van der Waals surface area contributed by atoms with E-state index in [4.69, 9.17) is 0 Å². The van der Waals surface area contributed by atoms with Crippen molar-refractivity contribution in [2.45, 2.75) is 32.1 Å². The number of likely N-dealkylation sites (tertiary alicyclic amines) is 1. The number of benzene rings is 1. The Morgan fingerprint density at radius 3 is 2.95 bits per heavy atom. The van der Waals surface area contributed by atoms with Crippen molar-refractivity contribution in [2.75, 3.05) is 19.6 Å². The maximum absolute atomic E-state index is 9.78. The van der Waals surface area contributed by atoms with Crippen molar-refractivity contribution in [1.82, 2.24) is 4.90 Å². The summed E-state index contributed by atoms with van der Waals surface area (Å²) in [5.74, 6) is 0.992. The van der Waals surface area contributed by atoms with Crippen LogP contribution in [-0.2, 0) is 5.41 Å². The Labute approximate surface area is 116 Å². The standard InChI is InChI=1S/C17H25NO/c1-4-10-18-11-9-17(13-18,14(3)5-2)15-7-6-8-16(19)12-15/h4,6-8,12,14,19H,1,5,9-11,13H2,2-3H3/t14-,17+/m0/s1. The molecule has 2 atom stereocenters. The molecule has 104 valence electrons. The van der Waals surface area contributed by atoms with Crippen molar-refractivity contribution in [3.05, 3.63) is 42.5 Å². The molecule has 0 radical (unpaired) electrons. The van der Waals surface area contributed by atoms with Crippen LogP contribution in [0, 0.1) is 5.92 Å². The molecule has 0 saturated carbocycles. The average Bonchev–Trinajstić information content (AvgIpc) is 2.84. The van der Waals surface area contributed by atoms with Crippen LogP contribution in [0.15, 0.2) is 36.9 Å². The molecule has 1 aliphatic rings. The van der Waals surface area contributed by atoms with Crippen molar-refractivity contribution in [1.29, 1.82) is 0 Å². The van der Waals surface area contributed by atoms with E-state index < -0.39 is 0 Å².